The maximum atomic E-state index is 12.6. The van der Waals surface area contributed by atoms with Crippen molar-refractivity contribution in [3.8, 4) is 0 Å². The number of hydrogen-bond donors (Lipinski definition) is 1. The first-order valence-corrected chi connectivity index (χ1v) is 9.24. The van der Waals surface area contributed by atoms with Crippen molar-refractivity contribution in [2.24, 2.45) is 23.7 Å². The highest BCUT2D eigenvalue weighted by Gasteiger charge is 2.60. The molecule has 1 aliphatic heterocycles. The van der Waals surface area contributed by atoms with Crippen LogP contribution in [0.4, 0.5) is 5.69 Å². The van der Waals surface area contributed by atoms with Gasteiger partial charge in [0.2, 0.25) is 17.7 Å². The van der Waals surface area contributed by atoms with E-state index in [1.807, 2.05) is 12.1 Å². The van der Waals surface area contributed by atoms with Gasteiger partial charge in [0.25, 0.3) is 0 Å². The number of fused-ring (bicyclic) bond motifs is 5. The lowest BCUT2D eigenvalue weighted by Gasteiger charge is -2.19. The minimum absolute atomic E-state index is 0.0476. The number of likely N-dealkylation sites (tertiary alicyclic amines) is 1. The van der Waals surface area contributed by atoms with Crippen molar-refractivity contribution < 1.29 is 14.4 Å². The Bertz CT molecular complexity index is 675. The van der Waals surface area contributed by atoms with Crippen LogP contribution in [0.2, 0.25) is 0 Å². The summed E-state index contributed by atoms with van der Waals surface area (Å²) < 4.78 is 0.940. The summed E-state index contributed by atoms with van der Waals surface area (Å²) in [7, 11) is 0. The molecule has 5 nitrogen and oxygen atoms in total. The van der Waals surface area contributed by atoms with Crippen molar-refractivity contribution in [1.82, 2.24) is 4.90 Å². The van der Waals surface area contributed by atoms with E-state index in [2.05, 4.69) is 21.2 Å². The number of nitrogens with zero attached hydrogens (tertiary/aromatic N) is 1. The smallest absolute Gasteiger partial charge is 0.233 e. The van der Waals surface area contributed by atoms with Crippen LogP contribution in [0.15, 0.2) is 28.7 Å². The Morgan fingerprint density at radius 1 is 1.08 bits per heavy atom. The third kappa shape index (κ3) is 2.57. The van der Waals surface area contributed by atoms with E-state index in [-0.39, 0.29) is 42.5 Å². The molecule has 2 aliphatic carbocycles. The fourth-order valence-corrected chi connectivity index (χ4v) is 4.93. The van der Waals surface area contributed by atoms with Gasteiger partial charge in [0.05, 0.1) is 11.8 Å². The average molecular weight is 391 g/mol. The second kappa shape index (κ2) is 5.99. The zero-order valence-corrected chi connectivity index (χ0v) is 14.8. The molecule has 2 bridgehead atoms. The Labute approximate surface area is 148 Å². The van der Waals surface area contributed by atoms with Crippen LogP contribution in [-0.2, 0) is 14.4 Å². The van der Waals surface area contributed by atoms with E-state index in [4.69, 9.17) is 0 Å². The van der Waals surface area contributed by atoms with E-state index in [1.54, 1.807) is 12.1 Å². The summed E-state index contributed by atoms with van der Waals surface area (Å²) in [5.74, 6) is 0.285. The standard InChI is InChI=1S/C18H19BrN2O3/c19-12-3-5-13(6-4-12)20-14(22)7-8-21-17(23)15-10-1-2-11(9-10)16(15)18(21)24/h3-6,10-11,15-16H,1-2,7-9H2,(H,20,22)/t10-,11-,15+,16+/m1/s1. The zero-order valence-electron chi connectivity index (χ0n) is 13.2. The Kier molecular flexibility index (Phi) is 3.95. The van der Waals surface area contributed by atoms with Gasteiger partial charge in [-0.05, 0) is 55.4 Å². The van der Waals surface area contributed by atoms with Gasteiger partial charge in [0.1, 0.15) is 0 Å². The Hall–Kier alpha value is -1.69. The van der Waals surface area contributed by atoms with Gasteiger partial charge in [0.15, 0.2) is 0 Å². The van der Waals surface area contributed by atoms with Crippen LogP contribution in [0.25, 0.3) is 0 Å². The van der Waals surface area contributed by atoms with Crippen LogP contribution in [0.5, 0.6) is 0 Å². The van der Waals surface area contributed by atoms with E-state index >= 15 is 0 Å². The molecule has 1 aromatic rings. The fraction of sp³-hybridized carbons (Fsp3) is 0.500. The fourth-order valence-electron chi connectivity index (χ4n) is 4.66. The summed E-state index contributed by atoms with van der Waals surface area (Å²) in [6.45, 7) is 0.187. The lowest BCUT2D eigenvalue weighted by Crippen LogP contribution is -2.35. The number of halogens is 1. The topological polar surface area (TPSA) is 66.5 Å². The number of anilines is 1. The molecule has 0 unspecified atom stereocenters. The van der Waals surface area contributed by atoms with E-state index in [0.717, 1.165) is 23.7 Å². The first-order chi connectivity index (χ1) is 11.5. The molecule has 6 heteroatoms. The lowest BCUT2D eigenvalue weighted by molar-refractivity contribution is -0.140. The van der Waals surface area contributed by atoms with E-state index in [0.29, 0.717) is 17.5 Å². The number of hydrogen-bond acceptors (Lipinski definition) is 3. The molecule has 1 heterocycles. The van der Waals surface area contributed by atoms with Crippen molar-refractivity contribution in [2.75, 3.05) is 11.9 Å². The Morgan fingerprint density at radius 2 is 1.67 bits per heavy atom. The number of carbonyl (C=O) groups is 3. The summed E-state index contributed by atoms with van der Waals surface area (Å²) in [5.41, 5.74) is 0.706. The number of nitrogens with one attached hydrogen (secondary N) is 1. The predicted molar refractivity (Wildman–Crippen MR) is 91.9 cm³/mol. The van der Waals surface area contributed by atoms with E-state index in [9.17, 15) is 14.4 Å². The quantitative estimate of drug-likeness (QED) is 0.803. The molecule has 4 atom stereocenters. The minimum Gasteiger partial charge on any atom is -0.326 e. The molecule has 2 saturated carbocycles. The summed E-state index contributed by atoms with van der Waals surface area (Å²) in [6.07, 6.45) is 3.32. The molecule has 1 saturated heterocycles. The first-order valence-electron chi connectivity index (χ1n) is 8.45. The van der Waals surface area contributed by atoms with Crippen LogP contribution in [0, 0.1) is 23.7 Å². The van der Waals surface area contributed by atoms with Gasteiger partial charge in [-0.3, -0.25) is 19.3 Å². The van der Waals surface area contributed by atoms with Crippen molar-refractivity contribution >= 4 is 39.3 Å². The highest BCUT2D eigenvalue weighted by atomic mass is 79.9. The second-order valence-corrected chi connectivity index (χ2v) is 7.93. The third-order valence-corrected chi connectivity index (χ3v) is 6.24. The maximum absolute atomic E-state index is 12.6. The third-order valence-electron chi connectivity index (χ3n) is 5.71. The van der Waals surface area contributed by atoms with Gasteiger partial charge < -0.3 is 5.32 Å². The molecule has 0 aromatic heterocycles. The van der Waals surface area contributed by atoms with Crippen molar-refractivity contribution in [1.29, 1.82) is 0 Å². The van der Waals surface area contributed by atoms with Gasteiger partial charge in [0, 0.05) is 23.1 Å². The molecule has 3 fully saturated rings. The monoisotopic (exact) mass is 390 g/mol. The number of benzene rings is 1. The van der Waals surface area contributed by atoms with Crippen molar-refractivity contribution in [3.05, 3.63) is 28.7 Å². The van der Waals surface area contributed by atoms with E-state index in [1.165, 1.54) is 4.90 Å². The molecule has 4 rings (SSSR count). The second-order valence-electron chi connectivity index (χ2n) is 7.02. The van der Waals surface area contributed by atoms with Crippen LogP contribution in [0.3, 0.4) is 0 Å². The molecule has 126 valence electrons. The summed E-state index contributed by atoms with van der Waals surface area (Å²) in [6, 6.07) is 7.30. The van der Waals surface area contributed by atoms with Gasteiger partial charge in [-0.2, -0.15) is 0 Å². The van der Waals surface area contributed by atoms with Crippen molar-refractivity contribution in [2.45, 2.75) is 25.7 Å². The number of carbonyl (C=O) groups excluding carboxylic acids is 3. The molecule has 3 aliphatic rings. The van der Waals surface area contributed by atoms with Gasteiger partial charge >= 0.3 is 0 Å². The first kappa shape index (κ1) is 15.8. The van der Waals surface area contributed by atoms with Gasteiger partial charge in [-0.25, -0.2) is 0 Å². The highest BCUT2D eigenvalue weighted by Crippen LogP contribution is 2.56. The SMILES string of the molecule is O=C(CCN1C(=O)[C@H]2[C@@H]3CC[C@H](C3)[C@@H]2C1=O)Nc1ccc(Br)cc1. The molecule has 1 N–H and O–H groups in total. The van der Waals surface area contributed by atoms with Crippen LogP contribution >= 0.6 is 15.9 Å². The van der Waals surface area contributed by atoms with Crippen LogP contribution in [0.1, 0.15) is 25.7 Å². The summed E-state index contributed by atoms with van der Waals surface area (Å²) in [4.78, 5) is 38.5. The summed E-state index contributed by atoms with van der Waals surface area (Å²) >= 11 is 3.34. The molecule has 3 amide bonds. The van der Waals surface area contributed by atoms with Gasteiger partial charge in [-0.1, -0.05) is 15.9 Å². The largest absolute Gasteiger partial charge is 0.326 e. The molecular formula is C18H19BrN2O3. The van der Waals surface area contributed by atoms with Crippen molar-refractivity contribution in [3.63, 3.8) is 0 Å². The highest BCUT2D eigenvalue weighted by molar-refractivity contribution is 9.10. The normalized spacial score (nSPS) is 30.8. The molecule has 1 aromatic carbocycles. The predicted octanol–water partition coefficient (Wildman–Crippen LogP) is 2.81. The van der Waals surface area contributed by atoms with Crippen LogP contribution < -0.4 is 5.32 Å². The minimum atomic E-state index is -0.182. The number of imide groups is 1. The maximum Gasteiger partial charge on any atom is 0.233 e. The summed E-state index contributed by atoms with van der Waals surface area (Å²) in [5, 5.41) is 2.79. The Balaban J connectivity index is 1.36. The van der Waals surface area contributed by atoms with E-state index < -0.39 is 0 Å². The molecule has 24 heavy (non-hydrogen) atoms. The zero-order chi connectivity index (χ0) is 16.8. The van der Waals surface area contributed by atoms with Crippen LogP contribution in [-0.4, -0.2) is 29.2 Å². The molecule has 0 radical (unpaired) electrons. The Morgan fingerprint density at radius 3 is 2.25 bits per heavy atom. The number of rotatable bonds is 4. The number of amides is 3. The lowest BCUT2D eigenvalue weighted by atomic mass is 9.81. The molecular weight excluding hydrogens is 372 g/mol. The molecule has 0 spiro atoms. The average Bonchev–Trinajstić information content (AvgIpc) is 3.23. The van der Waals surface area contributed by atoms with Gasteiger partial charge in [-0.15, -0.1) is 0 Å².